The number of nitrogens with one attached hydrogen (secondary N) is 4. The van der Waals surface area contributed by atoms with E-state index in [0.717, 1.165) is 11.1 Å². The molecule has 0 aliphatic heterocycles. The van der Waals surface area contributed by atoms with E-state index < -0.39 is 47.3 Å². The van der Waals surface area contributed by atoms with Crippen molar-refractivity contribution in [2.45, 2.75) is 77.2 Å². The summed E-state index contributed by atoms with van der Waals surface area (Å²) in [5, 5.41) is 26.7. The normalized spacial score (nSPS) is 13.1. The predicted molar refractivity (Wildman–Crippen MR) is 261 cm³/mol. The lowest BCUT2D eigenvalue weighted by Crippen LogP contribution is -2.33. The van der Waals surface area contributed by atoms with E-state index in [1.54, 1.807) is 60.7 Å². The van der Waals surface area contributed by atoms with Crippen molar-refractivity contribution < 1.29 is 28.8 Å². The van der Waals surface area contributed by atoms with E-state index in [0.29, 0.717) is 46.7 Å². The number of nitrogens with zero attached hydrogens (tertiary/aromatic N) is 4. The van der Waals surface area contributed by atoms with Crippen LogP contribution in [-0.4, -0.2) is 47.3 Å². The zero-order chi connectivity index (χ0) is 48.2. The summed E-state index contributed by atoms with van der Waals surface area (Å²) in [6.07, 6.45) is 0.758. The molecule has 0 fully saturated rings. The van der Waals surface area contributed by atoms with Crippen molar-refractivity contribution in [1.29, 1.82) is 0 Å². The molecule has 0 aliphatic carbocycles. The first-order chi connectivity index (χ1) is 31.4. The molecular formula is C48H46Cl4N8O6. The number of carbonyl (C=O) groups excluding carboxylic acids is 6. The van der Waals surface area contributed by atoms with E-state index >= 15 is 0 Å². The zero-order valence-corrected chi connectivity index (χ0v) is 39.7. The van der Waals surface area contributed by atoms with Crippen LogP contribution in [-0.2, 0) is 32.0 Å². The Morgan fingerprint density at radius 3 is 1.23 bits per heavy atom. The number of halogens is 4. The van der Waals surface area contributed by atoms with E-state index in [1.807, 2.05) is 39.8 Å². The number of alkyl halides is 2. The second-order valence-electron chi connectivity index (χ2n) is 15.0. The maximum atomic E-state index is 13.6. The van der Waals surface area contributed by atoms with Crippen molar-refractivity contribution in [3.8, 4) is 0 Å². The first kappa shape index (κ1) is 50.7. The Balaban J connectivity index is 1.30. The van der Waals surface area contributed by atoms with Gasteiger partial charge >= 0.3 is 0 Å². The average Bonchev–Trinajstić information content (AvgIpc) is 3.27. The average molecular weight is 973 g/mol. The summed E-state index contributed by atoms with van der Waals surface area (Å²) in [7, 11) is 0. The number of aryl methyl sites for hydroxylation is 2. The Labute approximate surface area is 402 Å². The number of ketones is 2. The van der Waals surface area contributed by atoms with Gasteiger partial charge in [-0.3, -0.25) is 28.8 Å². The van der Waals surface area contributed by atoms with Gasteiger partial charge in [0.1, 0.15) is 11.4 Å². The van der Waals surface area contributed by atoms with Crippen molar-refractivity contribution in [2.24, 2.45) is 20.5 Å². The van der Waals surface area contributed by atoms with Crippen LogP contribution in [0.3, 0.4) is 0 Å². The first-order valence-corrected chi connectivity index (χ1v) is 22.3. The number of amides is 4. The molecule has 66 heavy (non-hydrogen) atoms. The number of hydrogen-bond donors (Lipinski definition) is 4. The third kappa shape index (κ3) is 12.9. The van der Waals surface area contributed by atoms with Crippen LogP contribution >= 0.6 is 46.4 Å². The maximum Gasteiger partial charge on any atom is 0.258 e. The molecule has 0 aromatic heterocycles. The number of rotatable bonds is 18. The molecule has 4 unspecified atom stereocenters. The SMILES string of the molecule is CCc1cc(NC(=O)C(N=Nc2cccc(C(=O)Nc3cccc(C(C)Cl)c3)c2Cl)C(C)=O)c(CC)cc1NC(=O)C(N=Nc1cccc(C(=O)Nc2cccc(C(C)Cl)c2)c1Cl)C(C)=O. The standard InChI is InChI=1S/C48H46Cl4N8O6/c1-7-29-23-40(56-48(66)44(28(6)62)60-58-38-20-12-18-36(42(38)52)46(64)54-34-16-10-14-32(22-34)26(4)50)30(8-2)24-39(29)55-47(65)43(27(5)61)59-57-37-19-11-17-35(41(37)51)45(63)53-33-15-9-13-31(21-33)25(3)49/h9-26,43-44H,7-8H2,1-6H3,(H,53,63)(H,54,64)(H,55,65)(H,56,66). The molecule has 5 aromatic carbocycles. The molecule has 0 saturated heterocycles. The van der Waals surface area contributed by atoms with E-state index in [4.69, 9.17) is 46.4 Å². The van der Waals surface area contributed by atoms with Crippen LogP contribution in [0.1, 0.15) is 95.3 Å². The van der Waals surface area contributed by atoms with Gasteiger partial charge in [0, 0.05) is 22.7 Å². The summed E-state index contributed by atoms with van der Waals surface area (Å²) in [5.74, 6) is -3.85. The van der Waals surface area contributed by atoms with Crippen LogP contribution in [0.2, 0.25) is 10.0 Å². The summed E-state index contributed by atoms with van der Waals surface area (Å²) in [6.45, 7) is 9.66. The Bertz CT molecular complexity index is 2560. The highest BCUT2D eigenvalue weighted by Crippen LogP contribution is 2.33. The topological polar surface area (TPSA) is 200 Å². The van der Waals surface area contributed by atoms with Gasteiger partial charge in [-0.15, -0.1) is 23.2 Å². The van der Waals surface area contributed by atoms with Crippen molar-refractivity contribution >= 4 is 116 Å². The summed E-state index contributed by atoms with van der Waals surface area (Å²) < 4.78 is 0. The Morgan fingerprint density at radius 1 is 0.530 bits per heavy atom. The van der Waals surface area contributed by atoms with Gasteiger partial charge in [-0.25, -0.2) is 0 Å². The minimum Gasteiger partial charge on any atom is -0.323 e. The summed E-state index contributed by atoms with van der Waals surface area (Å²) in [4.78, 5) is 79.2. The second-order valence-corrected chi connectivity index (χ2v) is 17.0. The molecule has 0 aliphatic rings. The molecule has 14 nitrogen and oxygen atoms in total. The minimum atomic E-state index is -1.59. The predicted octanol–water partition coefficient (Wildman–Crippen LogP) is 12.6. The van der Waals surface area contributed by atoms with Crippen LogP contribution in [0.5, 0.6) is 0 Å². The first-order valence-electron chi connectivity index (χ1n) is 20.7. The molecule has 5 rings (SSSR count). The van der Waals surface area contributed by atoms with Crippen LogP contribution in [0.15, 0.2) is 118 Å². The molecule has 4 amide bonds. The van der Waals surface area contributed by atoms with Gasteiger partial charge in [-0.2, -0.15) is 20.5 Å². The van der Waals surface area contributed by atoms with Gasteiger partial charge in [-0.05, 0) is 123 Å². The van der Waals surface area contributed by atoms with Crippen molar-refractivity contribution in [2.75, 3.05) is 21.3 Å². The highest BCUT2D eigenvalue weighted by Gasteiger charge is 2.27. The number of benzene rings is 5. The van der Waals surface area contributed by atoms with Gasteiger partial charge in [-0.1, -0.05) is 73.4 Å². The summed E-state index contributed by atoms with van der Waals surface area (Å²) in [6, 6.07) is 23.3. The number of Topliss-reactive ketones (excluding diaryl/α,β-unsaturated/α-hetero) is 2. The molecule has 0 radical (unpaired) electrons. The van der Waals surface area contributed by atoms with Crippen LogP contribution < -0.4 is 21.3 Å². The van der Waals surface area contributed by atoms with Gasteiger partial charge in [0.05, 0.1) is 31.9 Å². The molecule has 0 bridgehead atoms. The number of hydrogen-bond acceptors (Lipinski definition) is 10. The van der Waals surface area contributed by atoms with Gasteiger partial charge < -0.3 is 21.3 Å². The maximum absolute atomic E-state index is 13.6. The molecule has 0 heterocycles. The summed E-state index contributed by atoms with van der Waals surface area (Å²) >= 11 is 25.6. The van der Waals surface area contributed by atoms with Crippen molar-refractivity contribution in [1.82, 2.24) is 0 Å². The third-order valence-electron chi connectivity index (χ3n) is 10.1. The Kier molecular flexibility index (Phi) is 17.8. The monoisotopic (exact) mass is 970 g/mol. The number of carbonyl (C=O) groups is 6. The van der Waals surface area contributed by atoms with E-state index in [9.17, 15) is 28.8 Å². The van der Waals surface area contributed by atoms with Crippen LogP contribution in [0.4, 0.5) is 34.1 Å². The van der Waals surface area contributed by atoms with Crippen molar-refractivity contribution in [3.63, 3.8) is 0 Å². The zero-order valence-electron chi connectivity index (χ0n) is 36.7. The fourth-order valence-corrected chi connectivity index (χ4v) is 7.23. The van der Waals surface area contributed by atoms with E-state index in [1.165, 1.54) is 38.1 Å². The highest BCUT2D eigenvalue weighted by molar-refractivity contribution is 6.37. The lowest BCUT2D eigenvalue weighted by molar-refractivity contribution is -0.127. The molecule has 4 atom stereocenters. The number of anilines is 4. The molecule has 4 N–H and O–H groups in total. The molecule has 5 aromatic rings. The fourth-order valence-electron chi connectivity index (χ4n) is 6.46. The molecule has 18 heteroatoms. The third-order valence-corrected chi connectivity index (χ3v) is 11.4. The van der Waals surface area contributed by atoms with Crippen LogP contribution in [0, 0.1) is 0 Å². The molecule has 0 saturated carbocycles. The second kappa shape index (κ2) is 23.2. The highest BCUT2D eigenvalue weighted by atomic mass is 35.5. The molecular weight excluding hydrogens is 926 g/mol. The smallest absolute Gasteiger partial charge is 0.258 e. The van der Waals surface area contributed by atoms with E-state index in [2.05, 4.69) is 41.7 Å². The summed E-state index contributed by atoms with van der Waals surface area (Å²) in [5.41, 5.74) is 4.77. The lowest BCUT2D eigenvalue weighted by Gasteiger charge is -2.18. The van der Waals surface area contributed by atoms with Gasteiger partial charge in [0.15, 0.2) is 11.6 Å². The quantitative estimate of drug-likeness (QED) is 0.0382. The van der Waals surface area contributed by atoms with Crippen molar-refractivity contribution in [3.05, 3.63) is 140 Å². The lowest BCUT2D eigenvalue weighted by atomic mass is 10.0. The van der Waals surface area contributed by atoms with E-state index in [-0.39, 0.29) is 43.3 Å². The fraction of sp³-hybridized carbons (Fsp3) is 0.250. The molecule has 342 valence electrons. The minimum absolute atomic E-state index is 0.0476. The number of azo groups is 2. The van der Waals surface area contributed by atoms with Gasteiger partial charge in [0.25, 0.3) is 23.6 Å². The largest absolute Gasteiger partial charge is 0.323 e. The molecule has 0 spiro atoms. The Morgan fingerprint density at radius 2 is 0.894 bits per heavy atom. The Hall–Kier alpha value is -6.32. The van der Waals surface area contributed by atoms with Crippen LogP contribution in [0.25, 0.3) is 0 Å². The van der Waals surface area contributed by atoms with Gasteiger partial charge in [0.2, 0.25) is 12.1 Å².